The Morgan fingerprint density at radius 2 is 1.50 bits per heavy atom. The highest BCUT2D eigenvalue weighted by Crippen LogP contribution is 2.29. The molecule has 224 valence electrons. The van der Waals surface area contributed by atoms with Gasteiger partial charge in [-0.1, -0.05) is 29.5 Å². The number of aliphatic hydroxyl groups is 1. The summed E-state index contributed by atoms with van der Waals surface area (Å²) in [7, 11) is 2.95. The lowest BCUT2D eigenvalue weighted by atomic mass is 10.1. The molecule has 0 atom stereocenters. The van der Waals surface area contributed by atoms with Gasteiger partial charge in [0.05, 0.1) is 66.4 Å². The average molecular weight is 582 g/mol. The lowest BCUT2D eigenvalue weighted by Crippen LogP contribution is -2.11. The number of phenols is 1. The van der Waals surface area contributed by atoms with Gasteiger partial charge in [0.2, 0.25) is 0 Å². The standard InChI is InChI=1S/C30H35N3O9/c1-38-29-17-22(5-9-27(29)37)3-7-25(35)19-26(36)8-4-23-6-10-28(30(18-23)39-2)42-21-24-20-33(32-31-24)11-13-40-15-16-41-14-12-34/h3-10,17-18,20,34,37H,11-16,19,21H2,1-2H3/b7-3-,8-4-. The Hall–Kier alpha value is -4.52. The summed E-state index contributed by atoms with van der Waals surface area (Å²) in [5.41, 5.74) is 1.98. The second-order valence-electron chi connectivity index (χ2n) is 8.83. The number of allylic oxidation sites excluding steroid dienone is 2. The molecule has 0 bridgehead atoms. The minimum absolute atomic E-state index is 0.00143. The Morgan fingerprint density at radius 1 is 0.857 bits per heavy atom. The van der Waals surface area contributed by atoms with Crippen molar-refractivity contribution >= 4 is 23.7 Å². The van der Waals surface area contributed by atoms with Crippen LogP contribution >= 0.6 is 0 Å². The van der Waals surface area contributed by atoms with Crippen molar-refractivity contribution in [3.63, 3.8) is 0 Å². The van der Waals surface area contributed by atoms with Crippen LogP contribution in [0.1, 0.15) is 23.2 Å². The predicted octanol–water partition coefficient (Wildman–Crippen LogP) is 2.86. The SMILES string of the molecule is COc1cc(/C=C\C(=O)CC(=O)/C=C\c2ccc(OCc3cn(CCOCCOCCO)nn3)c(OC)c2)ccc1O. The van der Waals surface area contributed by atoms with Crippen molar-refractivity contribution in [1.29, 1.82) is 0 Å². The lowest BCUT2D eigenvalue weighted by Gasteiger charge is -2.10. The van der Waals surface area contributed by atoms with E-state index in [0.29, 0.717) is 67.0 Å². The number of benzene rings is 2. The summed E-state index contributed by atoms with van der Waals surface area (Å²) in [6.45, 7) is 2.26. The van der Waals surface area contributed by atoms with E-state index >= 15 is 0 Å². The number of methoxy groups -OCH3 is 2. The Bertz CT molecular complexity index is 1370. The number of hydrogen-bond acceptors (Lipinski definition) is 11. The summed E-state index contributed by atoms with van der Waals surface area (Å²) >= 11 is 0. The summed E-state index contributed by atoms with van der Waals surface area (Å²) in [5.74, 6) is 0.546. The van der Waals surface area contributed by atoms with Crippen molar-refractivity contribution in [2.75, 3.05) is 47.3 Å². The maximum Gasteiger partial charge on any atom is 0.163 e. The number of carbonyl (C=O) groups excluding carboxylic acids is 2. The first kappa shape index (κ1) is 32.0. The van der Waals surface area contributed by atoms with E-state index in [1.807, 2.05) is 0 Å². The van der Waals surface area contributed by atoms with Crippen LogP contribution in [0.4, 0.5) is 0 Å². The van der Waals surface area contributed by atoms with Gasteiger partial charge in [0.15, 0.2) is 34.6 Å². The molecule has 0 unspecified atom stereocenters. The van der Waals surface area contributed by atoms with E-state index in [9.17, 15) is 14.7 Å². The first-order chi connectivity index (χ1) is 20.4. The van der Waals surface area contributed by atoms with Gasteiger partial charge in [0.25, 0.3) is 0 Å². The molecule has 0 saturated carbocycles. The second-order valence-corrected chi connectivity index (χ2v) is 8.83. The van der Waals surface area contributed by atoms with E-state index in [0.717, 1.165) is 0 Å². The molecule has 12 heteroatoms. The molecule has 12 nitrogen and oxygen atoms in total. The molecule has 2 aromatic carbocycles. The molecular formula is C30H35N3O9. The Kier molecular flexibility index (Phi) is 13.2. The normalized spacial score (nSPS) is 11.3. The number of ether oxygens (including phenoxy) is 5. The summed E-state index contributed by atoms with van der Waals surface area (Å²) in [6, 6.07) is 9.89. The number of hydrogen-bond donors (Lipinski definition) is 2. The third-order valence-electron chi connectivity index (χ3n) is 5.70. The smallest absolute Gasteiger partial charge is 0.163 e. The van der Waals surface area contributed by atoms with Crippen molar-refractivity contribution in [3.05, 3.63) is 71.6 Å². The Morgan fingerprint density at radius 3 is 2.17 bits per heavy atom. The van der Waals surface area contributed by atoms with Gasteiger partial charge in [-0.15, -0.1) is 5.10 Å². The molecule has 0 radical (unpaired) electrons. The van der Waals surface area contributed by atoms with E-state index in [2.05, 4.69) is 10.3 Å². The number of aromatic nitrogens is 3. The molecule has 0 saturated heterocycles. The molecule has 3 aromatic rings. The molecule has 0 fully saturated rings. The van der Waals surface area contributed by atoms with E-state index < -0.39 is 0 Å². The first-order valence-electron chi connectivity index (χ1n) is 13.2. The highest BCUT2D eigenvalue weighted by atomic mass is 16.5. The van der Waals surface area contributed by atoms with E-state index in [1.54, 1.807) is 53.4 Å². The quantitative estimate of drug-likeness (QED) is 0.122. The maximum atomic E-state index is 12.3. The highest BCUT2D eigenvalue weighted by Gasteiger charge is 2.09. The fourth-order valence-corrected chi connectivity index (χ4v) is 3.58. The van der Waals surface area contributed by atoms with Crippen molar-refractivity contribution in [3.8, 4) is 23.0 Å². The molecule has 0 aliphatic rings. The predicted molar refractivity (Wildman–Crippen MR) is 153 cm³/mol. The number of phenolic OH excluding ortho intramolecular Hbond substituents is 1. The average Bonchev–Trinajstić information content (AvgIpc) is 3.45. The number of carbonyl (C=O) groups is 2. The number of nitrogens with zero attached hydrogens (tertiary/aromatic N) is 3. The Labute approximate surface area is 243 Å². The third-order valence-corrected chi connectivity index (χ3v) is 5.70. The van der Waals surface area contributed by atoms with Crippen LogP contribution in [0.25, 0.3) is 12.2 Å². The zero-order chi connectivity index (χ0) is 30.2. The third kappa shape index (κ3) is 10.8. The lowest BCUT2D eigenvalue weighted by molar-refractivity contribution is -0.121. The molecular weight excluding hydrogens is 546 g/mol. The van der Waals surface area contributed by atoms with Crippen LogP contribution in [0.3, 0.4) is 0 Å². The zero-order valence-electron chi connectivity index (χ0n) is 23.6. The topological polar surface area (TPSA) is 151 Å². The van der Waals surface area contributed by atoms with Gasteiger partial charge in [-0.05, 0) is 47.5 Å². The molecule has 42 heavy (non-hydrogen) atoms. The fourth-order valence-electron chi connectivity index (χ4n) is 3.58. The van der Waals surface area contributed by atoms with Crippen LogP contribution in [-0.4, -0.2) is 84.0 Å². The number of ketones is 2. The van der Waals surface area contributed by atoms with E-state index in [4.69, 9.17) is 28.8 Å². The zero-order valence-corrected chi connectivity index (χ0v) is 23.6. The van der Waals surface area contributed by atoms with Crippen LogP contribution in [0.5, 0.6) is 23.0 Å². The summed E-state index contributed by atoms with van der Waals surface area (Å²) in [6.07, 6.45) is 7.29. The van der Waals surface area contributed by atoms with Crippen molar-refractivity contribution in [2.45, 2.75) is 19.6 Å². The molecule has 3 rings (SSSR count). The van der Waals surface area contributed by atoms with Crippen molar-refractivity contribution in [1.82, 2.24) is 15.0 Å². The van der Waals surface area contributed by atoms with Crippen LogP contribution in [0, 0.1) is 0 Å². The molecule has 2 N–H and O–H groups in total. The van der Waals surface area contributed by atoms with Gasteiger partial charge < -0.3 is 33.9 Å². The van der Waals surface area contributed by atoms with Crippen molar-refractivity contribution in [2.24, 2.45) is 0 Å². The number of aromatic hydroxyl groups is 1. The molecule has 0 aliphatic heterocycles. The van der Waals surface area contributed by atoms with E-state index in [1.165, 1.54) is 32.4 Å². The van der Waals surface area contributed by atoms with Crippen LogP contribution < -0.4 is 14.2 Å². The maximum absolute atomic E-state index is 12.3. The van der Waals surface area contributed by atoms with Gasteiger partial charge in [-0.3, -0.25) is 9.59 Å². The minimum atomic E-state index is -0.355. The van der Waals surface area contributed by atoms with Gasteiger partial charge in [-0.2, -0.15) is 0 Å². The van der Waals surface area contributed by atoms with Crippen LogP contribution in [0.2, 0.25) is 0 Å². The monoisotopic (exact) mass is 581 g/mol. The van der Waals surface area contributed by atoms with Gasteiger partial charge in [0, 0.05) is 0 Å². The number of aliphatic hydroxyl groups excluding tert-OH is 1. The van der Waals surface area contributed by atoms with Gasteiger partial charge in [-0.25, -0.2) is 4.68 Å². The van der Waals surface area contributed by atoms with Gasteiger partial charge >= 0.3 is 0 Å². The summed E-state index contributed by atoms with van der Waals surface area (Å²) in [4.78, 5) is 24.5. The highest BCUT2D eigenvalue weighted by molar-refractivity contribution is 6.10. The largest absolute Gasteiger partial charge is 0.504 e. The molecule has 0 spiro atoms. The Balaban J connectivity index is 1.45. The fraction of sp³-hybridized carbons (Fsp3) is 0.333. The summed E-state index contributed by atoms with van der Waals surface area (Å²) < 4.78 is 28.6. The van der Waals surface area contributed by atoms with Gasteiger partial charge in [0.1, 0.15) is 12.3 Å². The first-order valence-corrected chi connectivity index (χ1v) is 13.2. The molecule has 0 aliphatic carbocycles. The molecule has 1 aromatic heterocycles. The minimum Gasteiger partial charge on any atom is -0.504 e. The summed E-state index contributed by atoms with van der Waals surface area (Å²) in [5, 5.41) is 26.5. The van der Waals surface area contributed by atoms with Crippen molar-refractivity contribution < 1.29 is 43.5 Å². The molecule has 0 amide bonds. The number of rotatable bonds is 19. The van der Waals surface area contributed by atoms with Crippen LogP contribution in [-0.2, 0) is 32.2 Å². The molecule has 1 heterocycles. The van der Waals surface area contributed by atoms with Crippen LogP contribution in [0.15, 0.2) is 54.7 Å². The van der Waals surface area contributed by atoms with E-state index in [-0.39, 0.29) is 37.0 Å². The second kappa shape index (κ2) is 17.3.